The van der Waals surface area contributed by atoms with E-state index in [4.69, 9.17) is 16.3 Å². The number of hydrogen-bond donors (Lipinski definition) is 1. The Kier molecular flexibility index (Phi) is 5.25. The molecule has 1 aromatic carbocycles. The van der Waals surface area contributed by atoms with Crippen molar-refractivity contribution in [3.63, 3.8) is 0 Å². The van der Waals surface area contributed by atoms with Gasteiger partial charge in [-0.15, -0.1) is 11.3 Å². The molecule has 2 aromatic rings. The van der Waals surface area contributed by atoms with Crippen molar-refractivity contribution in [2.45, 2.75) is 46.4 Å². The highest BCUT2D eigenvalue weighted by Gasteiger charge is 2.14. The third-order valence-corrected chi connectivity index (χ3v) is 4.18. The quantitative estimate of drug-likeness (QED) is 0.874. The Morgan fingerprint density at radius 2 is 2.10 bits per heavy atom. The smallest absolute Gasteiger partial charge is 0.140 e. The number of aromatic nitrogens is 1. The van der Waals surface area contributed by atoms with E-state index in [0.29, 0.717) is 13.2 Å². The van der Waals surface area contributed by atoms with Crippen LogP contribution in [-0.2, 0) is 13.2 Å². The lowest BCUT2D eigenvalue weighted by molar-refractivity contribution is 0.299. The number of nitrogens with one attached hydrogen (secondary N) is 1. The summed E-state index contributed by atoms with van der Waals surface area (Å²) in [6.45, 7) is 9.52. The molecule has 0 amide bonds. The van der Waals surface area contributed by atoms with E-state index >= 15 is 0 Å². The highest BCUT2D eigenvalue weighted by atomic mass is 35.5. The number of nitrogens with zero attached hydrogens (tertiary/aromatic N) is 1. The normalized spacial score (nSPS) is 11.7. The molecule has 0 radical (unpaired) electrons. The highest BCUT2D eigenvalue weighted by molar-refractivity contribution is 7.09. The lowest BCUT2D eigenvalue weighted by Crippen LogP contribution is -2.35. The Hall–Kier alpha value is -1.10. The van der Waals surface area contributed by atoms with E-state index < -0.39 is 0 Å². The third kappa shape index (κ3) is 4.99. The number of rotatable bonds is 5. The van der Waals surface area contributed by atoms with Gasteiger partial charge >= 0.3 is 0 Å². The van der Waals surface area contributed by atoms with Gasteiger partial charge < -0.3 is 10.1 Å². The summed E-state index contributed by atoms with van der Waals surface area (Å²) in [4.78, 5) is 4.41. The van der Waals surface area contributed by atoms with Crippen molar-refractivity contribution in [2.75, 3.05) is 0 Å². The number of hydrogen-bond acceptors (Lipinski definition) is 4. The van der Waals surface area contributed by atoms with Crippen LogP contribution in [0.3, 0.4) is 0 Å². The maximum Gasteiger partial charge on any atom is 0.140 e. The van der Waals surface area contributed by atoms with Gasteiger partial charge in [0.2, 0.25) is 0 Å². The Bertz CT molecular complexity index is 605. The van der Waals surface area contributed by atoms with Gasteiger partial charge in [0.25, 0.3) is 0 Å². The van der Waals surface area contributed by atoms with Crippen LogP contribution in [0.25, 0.3) is 0 Å². The molecule has 3 nitrogen and oxygen atoms in total. The predicted octanol–water partition coefficient (Wildman–Crippen LogP) is 4.57. The highest BCUT2D eigenvalue weighted by Crippen LogP contribution is 2.28. The van der Waals surface area contributed by atoms with Crippen molar-refractivity contribution in [3.8, 4) is 5.75 Å². The second kappa shape index (κ2) is 6.77. The fourth-order valence-electron chi connectivity index (χ4n) is 1.81. The van der Waals surface area contributed by atoms with E-state index in [1.807, 2.05) is 30.5 Å². The maximum absolute atomic E-state index is 6.31. The van der Waals surface area contributed by atoms with Gasteiger partial charge in [-0.1, -0.05) is 17.7 Å². The minimum atomic E-state index is 0.0306. The molecular formula is C16H21ClN2OS. The van der Waals surface area contributed by atoms with E-state index in [1.165, 1.54) is 0 Å². The first-order valence-corrected chi connectivity index (χ1v) is 8.17. The van der Waals surface area contributed by atoms with Crippen LogP contribution in [-0.4, -0.2) is 10.5 Å². The number of benzene rings is 1. The summed E-state index contributed by atoms with van der Waals surface area (Å²) in [6, 6.07) is 5.75. The predicted molar refractivity (Wildman–Crippen MR) is 89.2 cm³/mol. The lowest BCUT2D eigenvalue weighted by Gasteiger charge is -2.22. The molecule has 21 heavy (non-hydrogen) atoms. The number of ether oxygens (including phenoxy) is 1. The monoisotopic (exact) mass is 324 g/mol. The van der Waals surface area contributed by atoms with E-state index in [-0.39, 0.29) is 5.54 Å². The van der Waals surface area contributed by atoms with Crippen molar-refractivity contribution < 1.29 is 4.74 Å². The Balaban J connectivity index is 2.09. The van der Waals surface area contributed by atoms with Crippen LogP contribution in [0, 0.1) is 6.92 Å². The maximum atomic E-state index is 6.31. The van der Waals surface area contributed by atoms with E-state index in [1.54, 1.807) is 11.3 Å². The van der Waals surface area contributed by atoms with Crippen LogP contribution >= 0.6 is 22.9 Å². The summed E-state index contributed by atoms with van der Waals surface area (Å²) in [6.07, 6.45) is 0. The summed E-state index contributed by atoms with van der Waals surface area (Å²) >= 11 is 7.92. The molecule has 0 aliphatic heterocycles. The first-order valence-electron chi connectivity index (χ1n) is 6.91. The van der Waals surface area contributed by atoms with Crippen LogP contribution in [0.1, 0.15) is 37.0 Å². The van der Waals surface area contributed by atoms with Crippen molar-refractivity contribution in [1.29, 1.82) is 0 Å². The van der Waals surface area contributed by atoms with Gasteiger partial charge in [-0.05, 0) is 39.8 Å². The van der Waals surface area contributed by atoms with Crippen molar-refractivity contribution in [3.05, 3.63) is 44.9 Å². The molecule has 1 heterocycles. The van der Waals surface area contributed by atoms with Crippen LogP contribution in [0.2, 0.25) is 5.02 Å². The standard InChI is InChI=1S/C16H21ClN2OS/c1-11-10-21-15(19-11)9-20-14-7-5-6-13(17)12(14)8-18-16(2,3)4/h5-7,10,18H,8-9H2,1-4H3. The molecule has 5 heteroatoms. The SMILES string of the molecule is Cc1csc(COc2cccc(Cl)c2CNC(C)(C)C)n1. The van der Waals surface area contributed by atoms with Gasteiger partial charge in [-0.3, -0.25) is 0 Å². The van der Waals surface area contributed by atoms with Gasteiger partial charge in [0.15, 0.2) is 0 Å². The van der Waals surface area contributed by atoms with E-state index in [0.717, 1.165) is 27.0 Å². The molecule has 0 bridgehead atoms. The third-order valence-electron chi connectivity index (χ3n) is 2.89. The molecular weight excluding hydrogens is 304 g/mol. The van der Waals surface area contributed by atoms with Gasteiger partial charge in [-0.2, -0.15) is 0 Å². The number of thiazole rings is 1. The summed E-state index contributed by atoms with van der Waals surface area (Å²) in [5.74, 6) is 0.812. The fourth-order valence-corrected chi connectivity index (χ4v) is 2.72. The second-order valence-corrected chi connectivity index (χ2v) is 7.34. The first-order chi connectivity index (χ1) is 9.85. The molecule has 1 aromatic heterocycles. The number of halogens is 1. The van der Waals surface area contributed by atoms with Crippen LogP contribution in [0.15, 0.2) is 23.6 Å². The average Bonchev–Trinajstić information content (AvgIpc) is 2.80. The second-order valence-electron chi connectivity index (χ2n) is 5.99. The summed E-state index contributed by atoms with van der Waals surface area (Å²) in [5.41, 5.74) is 2.05. The largest absolute Gasteiger partial charge is 0.486 e. The molecule has 2 rings (SSSR count). The van der Waals surface area contributed by atoms with Crippen molar-refractivity contribution in [1.82, 2.24) is 10.3 Å². The van der Waals surface area contributed by atoms with Crippen molar-refractivity contribution in [2.24, 2.45) is 0 Å². The molecule has 0 atom stereocenters. The molecule has 0 saturated carbocycles. The van der Waals surface area contributed by atoms with Crippen LogP contribution < -0.4 is 10.1 Å². The molecule has 0 spiro atoms. The Morgan fingerprint density at radius 1 is 1.33 bits per heavy atom. The minimum Gasteiger partial charge on any atom is -0.486 e. The minimum absolute atomic E-state index is 0.0306. The van der Waals surface area contributed by atoms with Crippen molar-refractivity contribution >= 4 is 22.9 Å². The van der Waals surface area contributed by atoms with Gasteiger partial charge in [0, 0.05) is 33.7 Å². The molecule has 0 aliphatic rings. The lowest BCUT2D eigenvalue weighted by atomic mass is 10.1. The molecule has 0 saturated heterocycles. The van der Waals surface area contributed by atoms with Crippen LogP contribution in [0.5, 0.6) is 5.75 Å². The first kappa shape index (κ1) is 16.3. The Morgan fingerprint density at radius 3 is 2.71 bits per heavy atom. The topological polar surface area (TPSA) is 34.1 Å². The number of aryl methyl sites for hydroxylation is 1. The average molecular weight is 325 g/mol. The summed E-state index contributed by atoms with van der Waals surface area (Å²) in [7, 11) is 0. The molecule has 1 N–H and O–H groups in total. The summed E-state index contributed by atoms with van der Waals surface area (Å²) < 4.78 is 5.91. The molecule has 114 valence electrons. The molecule has 0 unspecified atom stereocenters. The van der Waals surface area contributed by atoms with E-state index in [2.05, 4.69) is 31.1 Å². The van der Waals surface area contributed by atoms with Gasteiger partial charge in [0.05, 0.1) is 0 Å². The van der Waals surface area contributed by atoms with E-state index in [9.17, 15) is 0 Å². The fraction of sp³-hybridized carbons (Fsp3) is 0.438. The molecule has 0 fully saturated rings. The zero-order valence-electron chi connectivity index (χ0n) is 12.9. The zero-order valence-corrected chi connectivity index (χ0v) is 14.4. The summed E-state index contributed by atoms with van der Waals surface area (Å²) in [5, 5.41) is 7.17. The zero-order chi connectivity index (χ0) is 15.5. The van der Waals surface area contributed by atoms with Crippen LogP contribution in [0.4, 0.5) is 0 Å². The van der Waals surface area contributed by atoms with Gasteiger partial charge in [-0.25, -0.2) is 4.98 Å². The van der Waals surface area contributed by atoms with Gasteiger partial charge in [0.1, 0.15) is 17.4 Å². The Labute approximate surface area is 135 Å². The molecule has 0 aliphatic carbocycles.